The van der Waals surface area contributed by atoms with Crippen molar-refractivity contribution in [3.63, 3.8) is 0 Å². The highest BCUT2D eigenvalue weighted by Crippen LogP contribution is 2.70. The van der Waals surface area contributed by atoms with Crippen LogP contribution in [0.2, 0.25) is 10.0 Å². The minimum Gasteiger partial charge on any atom is -0.487 e. The van der Waals surface area contributed by atoms with Gasteiger partial charge in [-0.1, -0.05) is 97.7 Å². The lowest BCUT2D eigenvalue weighted by Gasteiger charge is -2.68. The summed E-state index contributed by atoms with van der Waals surface area (Å²) in [5.41, 5.74) is 10.3. The normalized spacial score (nSPS) is 23.8. The first-order valence-corrected chi connectivity index (χ1v) is 29.4. The molecule has 5 aliphatic carbocycles. The van der Waals surface area contributed by atoms with E-state index in [4.69, 9.17) is 52.9 Å². The first-order chi connectivity index (χ1) is 39.4. The summed E-state index contributed by atoms with van der Waals surface area (Å²) in [6.07, 6.45) is 11.0. The predicted molar refractivity (Wildman–Crippen MR) is 311 cm³/mol. The quantitative estimate of drug-likeness (QED) is 0.0159. The van der Waals surface area contributed by atoms with Gasteiger partial charge in [-0.05, 0) is 165 Å². The van der Waals surface area contributed by atoms with Gasteiger partial charge in [0.15, 0.2) is 5.60 Å². The van der Waals surface area contributed by atoms with Crippen LogP contribution < -0.4 is 37.1 Å². The van der Waals surface area contributed by atoms with E-state index in [2.05, 4.69) is 26.6 Å². The molecule has 4 aromatic rings. The van der Waals surface area contributed by atoms with Gasteiger partial charge in [0, 0.05) is 48.4 Å². The molecule has 5 atom stereocenters. The summed E-state index contributed by atoms with van der Waals surface area (Å²) in [6, 6.07) is 21.2. The van der Waals surface area contributed by atoms with Gasteiger partial charge in [-0.15, -0.1) is 0 Å². The third-order valence-electron chi connectivity index (χ3n) is 17.2. The molecule has 4 bridgehead atoms. The summed E-state index contributed by atoms with van der Waals surface area (Å²) in [6.45, 7) is 5.63. The first-order valence-electron chi connectivity index (χ1n) is 28.7. The first kappa shape index (κ1) is 60.3. The van der Waals surface area contributed by atoms with Crippen molar-refractivity contribution in [2.45, 2.75) is 140 Å². The molecule has 4 saturated carbocycles. The number of ether oxygens (including phenoxy) is 3. The molecule has 17 nitrogen and oxygen atoms in total. The van der Waals surface area contributed by atoms with E-state index in [1.54, 1.807) is 61.7 Å². The molecule has 1 heterocycles. The maximum Gasteiger partial charge on any atom is 0.330 e. The van der Waals surface area contributed by atoms with E-state index in [1.807, 2.05) is 50.2 Å². The van der Waals surface area contributed by atoms with Gasteiger partial charge in [-0.2, -0.15) is 4.89 Å². The van der Waals surface area contributed by atoms with Crippen LogP contribution in [-0.4, -0.2) is 86.0 Å². The highest BCUT2D eigenvalue weighted by Gasteiger charge is 2.77. The number of nitrogens with two attached hydrogens (primary N) is 1. The Morgan fingerprint density at radius 2 is 1.34 bits per heavy atom. The van der Waals surface area contributed by atoms with Crippen LogP contribution in [0.1, 0.15) is 112 Å². The lowest BCUT2D eigenvalue weighted by Crippen LogP contribution is -2.76. The van der Waals surface area contributed by atoms with Crippen LogP contribution in [0.25, 0.3) is 6.08 Å². The van der Waals surface area contributed by atoms with E-state index >= 15 is 0 Å². The summed E-state index contributed by atoms with van der Waals surface area (Å²) in [5, 5.41) is 15.3. The second kappa shape index (κ2) is 26.5. The zero-order valence-electron chi connectivity index (χ0n) is 47.2. The fourth-order valence-electron chi connectivity index (χ4n) is 13.5. The number of carbonyl (C=O) groups excluding carboxylic acids is 6. The molecule has 1 spiro atoms. The number of methoxy groups -OCH3 is 2. The largest absolute Gasteiger partial charge is 0.487 e. The molecular formula is C63H76Cl2N6O11. The molecule has 5 fully saturated rings. The number of rotatable bonds is 25. The molecule has 19 heteroatoms. The Labute approximate surface area is 489 Å². The van der Waals surface area contributed by atoms with Crippen molar-refractivity contribution in [2.24, 2.45) is 41.2 Å². The molecule has 1 saturated heterocycles. The summed E-state index contributed by atoms with van der Waals surface area (Å²) in [5.74, 6) is -2.59. The Hall–Kier alpha value is -6.34. The molecule has 0 aromatic heterocycles. The molecule has 4 aromatic carbocycles. The monoisotopic (exact) mass is 1160 g/mol. The van der Waals surface area contributed by atoms with Crippen molar-refractivity contribution in [1.82, 2.24) is 21.3 Å². The number of amides is 5. The second-order valence-electron chi connectivity index (χ2n) is 23.3. The summed E-state index contributed by atoms with van der Waals surface area (Å²) >= 11 is 13.6. The van der Waals surface area contributed by atoms with E-state index in [9.17, 15) is 28.8 Å². The number of hydrogen-bond acceptors (Lipinski definition) is 12. The molecule has 10 rings (SSSR count). The molecule has 0 radical (unpaired) electrons. The number of halogens is 2. The zero-order valence-corrected chi connectivity index (χ0v) is 48.7. The Kier molecular flexibility index (Phi) is 19.5. The lowest BCUT2D eigenvalue weighted by atomic mass is 9.47. The average molecular weight is 1160 g/mol. The van der Waals surface area contributed by atoms with Gasteiger partial charge in [-0.3, -0.25) is 24.0 Å². The van der Waals surface area contributed by atoms with Crippen molar-refractivity contribution in [3.8, 4) is 5.75 Å². The summed E-state index contributed by atoms with van der Waals surface area (Å²) in [4.78, 5) is 94.6. The molecule has 438 valence electrons. The Morgan fingerprint density at radius 1 is 0.720 bits per heavy atom. The molecule has 7 N–H and O–H groups in total. The van der Waals surface area contributed by atoms with Gasteiger partial charge in [0.05, 0.1) is 12.1 Å². The van der Waals surface area contributed by atoms with E-state index < -0.39 is 65.2 Å². The molecular weight excluding hydrogens is 1090 g/mol. The van der Waals surface area contributed by atoms with Gasteiger partial charge in [0.2, 0.25) is 29.5 Å². The van der Waals surface area contributed by atoms with E-state index in [0.717, 1.165) is 42.4 Å². The Morgan fingerprint density at radius 3 is 1.93 bits per heavy atom. The molecule has 5 amide bonds. The minimum absolute atomic E-state index is 0.0257. The molecule has 82 heavy (non-hydrogen) atoms. The highest BCUT2D eigenvalue weighted by molar-refractivity contribution is 6.33. The van der Waals surface area contributed by atoms with Crippen LogP contribution in [0.4, 0.5) is 5.69 Å². The Bertz CT molecular complexity index is 2950. The van der Waals surface area contributed by atoms with Crippen molar-refractivity contribution in [3.05, 3.63) is 134 Å². The molecule has 6 aliphatic rings. The average Bonchev–Trinajstić information content (AvgIpc) is 2.92. The third kappa shape index (κ3) is 13.2. The fraction of sp³-hybridized carbons (Fsp3) is 0.492. The SMILES string of the molecule is COC(=O)/C=C/c1ccc(C2(OC)OOC23C2CC4CC(C2)CC3C4)c(Cl)c1OCc1ccc(NC(=O)[C@H](CC(C)C)NC(=O)[C@H](CCCCN)NC(=O)[C@H](Cc2ccc(Cl)cc2)NC(=O)[C@@H](NC(C)=O)C2Cc3ccccc3C2)cc1. The van der Waals surface area contributed by atoms with Crippen molar-refractivity contribution in [2.75, 3.05) is 26.1 Å². The summed E-state index contributed by atoms with van der Waals surface area (Å²) in [7, 11) is 2.92. The number of benzene rings is 4. The topological polar surface area (TPSA) is 235 Å². The maximum absolute atomic E-state index is 14.5. The lowest BCUT2D eigenvalue weighted by molar-refractivity contribution is -0.645. The standard InChI is InChI=1S/C63H76Cl2N6O11/c1-36(2)26-52(70-58(74)51(12-8-9-25-66)69-60(76)53(32-38-13-19-48(64)20-14-38)71-61(77)56(67-37(3)72)45-33-43-10-6-7-11-44(43)34-45)59(75)68-49-21-15-39(16-22-49)35-80-57-42(18-24-54(73)78-4)17-23-50(55(57)65)63(79-5)62(81-82-63)46-28-40-27-41(30-46)31-47(62)29-40/h6-7,10-11,13-24,36,40-41,45-47,51-53,56H,8-9,12,25-35,66H2,1-5H3,(H,67,72)(H,68,75)(H,69,76)(H,70,74)(H,71,77)/b24-18+/t40?,41?,46?,47?,51-,52-,53-,56-,62?,63?/m0/s1. The number of unbranched alkanes of at least 4 members (excludes halogenated alkanes) is 1. The number of hydrogen-bond donors (Lipinski definition) is 6. The van der Waals surface area contributed by atoms with Crippen molar-refractivity contribution < 1.29 is 52.8 Å². The van der Waals surface area contributed by atoms with E-state index in [1.165, 1.54) is 26.5 Å². The van der Waals surface area contributed by atoms with Crippen LogP contribution in [0.5, 0.6) is 5.75 Å². The maximum atomic E-state index is 14.5. The number of anilines is 1. The third-order valence-corrected chi connectivity index (χ3v) is 17.9. The van der Waals surface area contributed by atoms with Gasteiger partial charge in [-0.25, -0.2) is 9.68 Å². The summed E-state index contributed by atoms with van der Waals surface area (Å²) < 4.78 is 17.7. The van der Waals surface area contributed by atoms with Gasteiger partial charge in [0.1, 0.15) is 36.5 Å². The Balaban J connectivity index is 0.885. The number of esters is 1. The predicted octanol–water partition coefficient (Wildman–Crippen LogP) is 8.44. The van der Waals surface area contributed by atoms with Crippen LogP contribution in [0.3, 0.4) is 0 Å². The van der Waals surface area contributed by atoms with Crippen LogP contribution in [0, 0.1) is 35.5 Å². The number of carbonyl (C=O) groups is 6. The molecule has 1 unspecified atom stereocenters. The molecule has 1 aliphatic heterocycles. The fourth-order valence-corrected chi connectivity index (χ4v) is 14.0. The smallest absolute Gasteiger partial charge is 0.330 e. The van der Waals surface area contributed by atoms with Crippen LogP contribution in [-0.2, 0) is 79.7 Å². The highest BCUT2D eigenvalue weighted by atomic mass is 35.5. The van der Waals surface area contributed by atoms with Gasteiger partial charge < -0.3 is 46.5 Å². The van der Waals surface area contributed by atoms with Crippen LogP contribution >= 0.6 is 23.2 Å². The van der Waals surface area contributed by atoms with Crippen LogP contribution in [0.15, 0.2) is 91.0 Å². The number of fused-ring (bicyclic) bond motifs is 1. The van der Waals surface area contributed by atoms with Crippen molar-refractivity contribution >= 4 is 70.5 Å². The van der Waals surface area contributed by atoms with Crippen molar-refractivity contribution in [1.29, 1.82) is 0 Å². The van der Waals surface area contributed by atoms with Gasteiger partial charge >= 0.3 is 5.97 Å². The zero-order chi connectivity index (χ0) is 58.3. The number of nitrogens with one attached hydrogen (secondary N) is 5. The van der Waals surface area contributed by atoms with E-state index in [0.29, 0.717) is 77.2 Å². The van der Waals surface area contributed by atoms with E-state index in [-0.39, 0.29) is 60.5 Å². The second-order valence-corrected chi connectivity index (χ2v) is 24.1. The van der Waals surface area contributed by atoms with Gasteiger partial charge in [0.25, 0.3) is 5.79 Å². The minimum atomic E-state index is -1.27.